The number of rotatable bonds is 5. The third-order valence-electron chi connectivity index (χ3n) is 4.51. The molecule has 21 heavy (non-hydrogen) atoms. The highest BCUT2D eigenvalue weighted by Crippen LogP contribution is 2.32. The van der Waals surface area contributed by atoms with E-state index in [1.807, 2.05) is 11.9 Å². The molecule has 1 saturated carbocycles. The molecule has 0 bridgehead atoms. The van der Waals surface area contributed by atoms with Crippen LogP contribution in [0.25, 0.3) is 0 Å². The summed E-state index contributed by atoms with van der Waals surface area (Å²) in [6, 6.07) is 8.53. The van der Waals surface area contributed by atoms with E-state index in [0.29, 0.717) is 19.0 Å². The van der Waals surface area contributed by atoms with Gasteiger partial charge in [0.25, 0.3) is 0 Å². The van der Waals surface area contributed by atoms with Crippen LogP contribution in [0.5, 0.6) is 0 Å². The van der Waals surface area contributed by atoms with Gasteiger partial charge in [0, 0.05) is 19.5 Å². The van der Waals surface area contributed by atoms with Gasteiger partial charge in [0.1, 0.15) is 0 Å². The highest BCUT2D eigenvalue weighted by Gasteiger charge is 2.33. The Labute approximate surface area is 134 Å². The van der Waals surface area contributed by atoms with Crippen molar-refractivity contribution < 1.29 is 4.79 Å². The summed E-state index contributed by atoms with van der Waals surface area (Å²) >= 11 is 0. The van der Waals surface area contributed by atoms with Crippen molar-refractivity contribution in [2.45, 2.75) is 39.2 Å². The second kappa shape index (κ2) is 8.40. The second-order valence-corrected chi connectivity index (χ2v) is 5.90. The monoisotopic (exact) mass is 310 g/mol. The molecule has 4 heteroatoms. The number of nitrogens with two attached hydrogens (primary N) is 1. The molecule has 0 radical (unpaired) electrons. The van der Waals surface area contributed by atoms with Crippen molar-refractivity contribution in [1.29, 1.82) is 0 Å². The molecule has 0 heterocycles. The number of aryl methyl sites for hydroxylation is 1. The summed E-state index contributed by atoms with van der Waals surface area (Å²) in [5.74, 6) is 0.782. The Morgan fingerprint density at radius 3 is 2.43 bits per heavy atom. The van der Waals surface area contributed by atoms with Gasteiger partial charge in [0.15, 0.2) is 0 Å². The number of benzene rings is 1. The first kappa shape index (κ1) is 18.0. The molecule has 0 saturated heterocycles. The first-order valence-electron chi connectivity index (χ1n) is 7.68. The van der Waals surface area contributed by atoms with Crippen molar-refractivity contribution in [1.82, 2.24) is 4.90 Å². The standard InChI is InChI=1S/C17H26N2O.ClH/c1-3-13-7-9-14(10-8-13)12-19(2)17(20)16-6-4-5-15(16)11-18;/h7-10,15-16H,3-6,11-12,18H2,1-2H3;1H/t15-,16-;/m1./s1. The van der Waals surface area contributed by atoms with Crippen molar-refractivity contribution in [2.75, 3.05) is 13.6 Å². The molecule has 0 aliphatic heterocycles. The van der Waals surface area contributed by atoms with E-state index in [0.717, 1.165) is 25.7 Å². The van der Waals surface area contributed by atoms with E-state index in [4.69, 9.17) is 5.73 Å². The van der Waals surface area contributed by atoms with Gasteiger partial charge in [0.05, 0.1) is 0 Å². The number of halogens is 1. The second-order valence-electron chi connectivity index (χ2n) is 5.90. The van der Waals surface area contributed by atoms with Crippen LogP contribution in [0.2, 0.25) is 0 Å². The quantitative estimate of drug-likeness (QED) is 0.908. The molecule has 2 N–H and O–H groups in total. The first-order valence-corrected chi connectivity index (χ1v) is 7.68. The van der Waals surface area contributed by atoms with E-state index in [2.05, 4.69) is 31.2 Å². The Kier molecular flexibility index (Phi) is 7.20. The Hall–Kier alpha value is -1.06. The lowest BCUT2D eigenvalue weighted by Crippen LogP contribution is -2.36. The van der Waals surface area contributed by atoms with Gasteiger partial charge in [-0.3, -0.25) is 4.79 Å². The zero-order valence-electron chi connectivity index (χ0n) is 13.0. The van der Waals surface area contributed by atoms with Gasteiger partial charge >= 0.3 is 0 Å². The zero-order valence-corrected chi connectivity index (χ0v) is 13.9. The largest absolute Gasteiger partial charge is 0.341 e. The molecular weight excluding hydrogens is 284 g/mol. The molecule has 2 rings (SSSR count). The number of amides is 1. The number of carbonyl (C=O) groups excluding carboxylic acids is 1. The van der Waals surface area contributed by atoms with Gasteiger partial charge < -0.3 is 10.6 Å². The van der Waals surface area contributed by atoms with E-state index in [-0.39, 0.29) is 24.2 Å². The number of hydrogen-bond donors (Lipinski definition) is 1. The van der Waals surface area contributed by atoms with Crippen molar-refractivity contribution in [3.63, 3.8) is 0 Å². The molecule has 0 spiro atoms. The number of nitrogens with zero attached hydrogens (tertiary/aromatic N) is 1. The maximum atomic E-state index is 12.5. The molecule has 3 nitrogen and oxygen atoms in total. The van der Waals surface area contributed by atoms with Crippen molar-refractivity contribution >= 4 is 18.3 Å². The topological polar surface area (TPSA) is 46.3 Å². The maximum Gasteiger partial charge on any atom is 0.226 e. The Morgan fingerprint density at radius 1 is 1.24 bits per heavy atom. The third-order valence-corrected chi connectivity index (χ3v) is 4.51. The third kappa shape index (κ3) is 4.45. The van der Waals surface area contributed by atoms with Crippen LogP contribution < -0.4 is 5.73 Å². The van der Waals surface area contributed by atoms with Gasteiger partial charge in [0.2, 0.25) is 5.91 Å². The fraction of sp³-hybridized carbons (Fsp3) is 0.588. The van der Waals surface area contributed by atoms with Gasteiger partial charge in [-0.2, -0.15) is 0 Å². The van der Waals surface area contributed by atoms with Crippen LogP contribution in [-0.4, -0.2) is 24.4 Å². The molecular formula is C17H27ClN2O. The lowest BCUT2D eigenvalue weighted by Gasteiger charge is -2.24. The molecule has 1 fully saturated rings. The Morgan fingerprint density at radius 2 is 1.86 bits per heavy atom. The minimum absolute atomic E-state index is 0. The van der Waals surface area contributed by atoms with Crippen LogP contribution in [0.3, 0.4) is 0 Å². The first-order chi connectivity index (χ1) is 9.65. The lowest BCUT2D eigenvalue weighted by molar-refractivity contribution is -0.135. The minimum atomic E-state index is 0. The number of carbonyl (C=O) groups is 1. The average molecular weight is 311 g/mol. The van der Waals surface area contributed by atoms with E-state index in [1.165, 1.54) is 11.1 Å². The van der Waals surface area contributed by atoms with Crippen LogP contribution in [-0.2, 0) is 17.8 Å². The van der Waals surface area contributed by atoms with Crippen LogP contribution in [0.4, 0.5) is 0 Å². The number of hydrogen-bond acceptors (Lipinski definition) is 2. The summed E-state index contributed by atoms with van der Waals surface area (Å²) in [5.41, 5.74) is 8.31. The molecule has 1 aromatic rings. The fourth-order valence-electron chi connectivity index (χ4n) is 3.16. The van der Waals surface area contributed by atoms with Crippen LogP contribution in [0.15, 0.2) is 24.3 Å². The van der Waals surface area contributed by atoms with Crippen molar-refractivity contribution in [3.05, 3.63) is 35.4 Å². The summed E-state index contributed by atoms with van der Waals surface area (Å²) in [6.45, 7) is 3.48. The van der Waals surface area contributed by atoms with Crippen LogP contribution >= 0.6 is 12.4 Å². The summed E-state index contributed by atoms with van der Waals surface area (Å²) in [5, 5.41) is 0. The summed E-state index contributed by atoms with van der Waals surface area (Å²) in [6.07, 6.45) is 4.29. The smallest absolute Gasteiger partial charge is 0.226 e. The van der Waals surface area contributed by atoms with Gasteiger partial charge in [-0.25, -0.2) is 0 Å². The maximum absolute atomic E-state index is 12.5. The molecule has 2 atom stereocenters. The molecule has 0 aromatic heterocycles. The minimum Gasteiger partial charge on any atom is -0.341 e. The molecule has 1 aromatic carbocycles. The van der Waals surface area contributed by atoms with Gasteiger partial charge in [-0.1, -0.05) is 37.6 Å². The predicted octanol–water partition coefficient (Wildman–Crippen LogP) is 3.00. The molecule has 118 valence electrons. The van der Waals surface area contributed by atoms with E-state index < -0.39 is 0 Å². The van der Waals surface area contributed by atoms with E-state index in [1.54, 1.807) is 0 Å². The lowest BCUT2D eigenvalue weighted by atomic mass is 9.94. The average Bonchev–Trinajstić information content (AvgIpc) is 2.95. The Balaban J connectivity index is 0.00000220. The normalized spacial score (nSPS) is 20.9. The van der Waals surface area contributed by atoms with E-state index in [9.17, 15) is 4.79 Å². The highest BCUT2D eigenvalue weighted by molar-refractivity contribution is 5.85. The fourth-order valence-corrected chi connectivity index (χ4v) is 3.16. The predicted molar refractivity (Wildman–Crippen MR) is 89.4 cm³/mol. The van der Waals surface area contributed by atoms with Crippen LogP contribution in [0, 0.1) is 11.8 Å². The molecule has 1 amide bonds. The molecule has 0 unspecified atom stereocenters. The van der Waals surface area contributed by atoms with E-state index >= 15 is 0 Å². The van der Waals surface area contributed by atoms with Gasteiger partial charge in [-0.15, -0.1) is 12.4 Å². The highest BCUT2D eigenvalue weighted by atomic mass is 35.5. The van der Waals surface area contributed by atoms with Crippen LogP contribution in [0.1, 0.15) is 37.3 Å². The Bertz CT molecular complexity index is 447. The van der Waals surface area contributed by atoms with Crippen molar-refractivity contribution in [3.8, 4) is 0 Å². The zero-order chi connectivity index (χ0) is 14.5. The summed E-state index contributed by atoms with van der Waals surface area (Å²) < 4.78 is 0. The molecule has 1 aliphatic carbocycles. The SMILES string of the molecule is CCc1ccc(CN(C)C(=O)[C@@H]2CCC[C@@H]2CN)cc1.Cl. The molecule has 1 aliphatic rings. The van der Waals surface area contributed by atoms with Crippen molar-refractivity contribution in [2.24, 2.45) is 17.6 Å². The summed E-state index contributed by atoms with van der Waals surface area (Å²) in [4.78, 5) is 14.4. The summed E-state index contributed by atoms with van der Waals surface area (Å²) in [7, 11) is 1.90. The van der Waals surface area contributed by atoms with Gasteiger partial charge in [-0.05, 0) is 42.9 Å².